The molecule has 2 rings (SSSR count). The number of carbonyl (C=O) groups is 2. The Morgan fingerprint density at radius 3 is 2.48 bits per heavy atom. The second kappa shape index (κ2) is 9.97. The van der Waals surface area contributed by atoms with Crippen LogP contribution in [-0.4, -0.2) is 33.2 Å². The Morgan fingerprint density at radius 1 is 1.07 bits per heavy atom. The van der Waals surface area contributed by atoms with Crippen molar-refractivity contribution in [3.05, 3.63) is 58.1 Å². The molecule has 0 aromatic heterocycles. The van der Waals surface area contributed by atoms with Crippen LogP contribution in [0.3, 0.4) is 0 Å². The number of hydrogen-bond acceptors (Lipinski definition) is 5. The Labute approximate surface area is 166 Å². The minimum atomic E-state index is -0.494. The van der Waals surface area contributed by atoms with Crippen molar-refractivity contribution in [3.63, 3.8) is 0 Å². The number of ether oxygens (including phenoxy) is 3. The van der Waals surface area contributed by atoms with E-state index in [0.29, 0.717) is 11.5 Å². The van der Waals surface area contributed by atoms with E-state index in [2.05, 4.69) is 21.2 Å². The molecule has 144 valence electrons. The van der Waals surface area contributed by atoms with Gasteiger partial charge in [-0.1, -0.05) is 34.1 Å². The average molecular weight is 436 g/mol. The number of nitrogens with one attached hydrogen (secondary N) is 1. The largest absolute Gasteiger partial charge is 0.497 e. The van der Waals surface area contributed by atoms with Crippen LogP contribution < -0.4 is 14.8 Å². The Balaban J connectivity index is 2.17. The first kappa shape index (κ1) is 20.8. The Hall–Kier alpha value is -2.54. The number of rotatable bonds is 8. The van der Waals surface area contributed by atoms with E-state index >= 15 is 0 Å². The van der Waals surface area contributed by atoms with Gasteiger partial charge in [0, 0.05) is 16.1 Å². The van der Waals surface area contributed by atoms with Gasteiger partial charge in [-0.05, 0) is 23.8 Å². The van der Waals surface area contributed by atoms with Crippen molar-refractivity contribution in [2.45, 2.75) is 18.9 Å². The molecule has 0 aliphatic carbocycles. The molecule has 1 N–H and O–H groups in total. The van der Waals surface area contributed by atoms with Crippen molar-refractivity contribution >= 4 is 27.8 Å². The smallest absolute Gasteiger partial charge is 0.307 e. The maximum Gasteiger partial charge on any atom is 0.307 e. The van der Waals surface area contributed by atoms with Gasteiger partial charge in [0.05, 0.1) is 40.2 Å². The zero-order valence-electron chi connectivity index (χ0n) is 15.5. The first-order chi connectivity index (χ1) is 13.0. The van der Waals surface area contributed by atoms with Gasteiger partial charge in [0.1, 0.15) is 11.5 Å². The number of carbonyl (C=O) groups excluding carboxylic acids is 2. The van der Waals surface area contributed by atoms with Crippen LogP contribution in [0.1, 0.15) is 23.6 Å². The van der Waals surface area contributed by atoms with Crippen LogP contribution in [-0.2, 0) is 20.7 Å². The van der Waals surface area contributed by atoms with Crippen molar-refractivity contribution in [2.24, 2.45) is 0 Å². The highest BCUT2D eigenvalue weighted by Gasteiger charge is 2.20. The molecule has 0 saturated heterocycles. The maximum atomic E-state index is 12.6. The standard InChI is InChI=1S/C20H22BrNO5/c1-25-16-8-7-14(18(11-16)26-2)10-19(23)22-17(12-20(24)27-3)13-5-4-6-15(21)9-13/h4-9,11,17H,10,12H2,1-3H3,(H,22,23). The van der Waals surface area contributed by atoms with Gasteiger partial charge in [-0.3, -0.25) is 9.59 Å². The van der Waals surface area contributed by atoms with Crippen molar-refractivity contribution in [1.29, 1.82) is 0 Å². The zero-order chi connectivity index (χ0) is 19.8. The SMILES string of the molecule is COC(=O)CC(NC(=O)Cc1ccc(OC)cc1OC)c1cccc(Br)c1. The molecule has 1 atom stereocenters. The number of hydrogen-bond donors (Lipinski definition) is 1. The van der Waals surface area contributed by atoms with Crippen molar-refractivity contribution < 1.29 is 23.8 Å². The molecule has 6 nitrogen and oxygen atoms in total. The van der Waals surface area contributed by atoms with Gasteiger partial charge >= 0.3 is 5.97 Å². The fourth-order valence-corrected chi connectivity index (χ4v) is 3.06. The Morgan fingerprint density at radius 2 is 1.85 bits per heavy atom. The summed E-state index contributed by atoms with van der Waals surface area (Å²) in [5.74, 6) is 0.583. The second-order valence-electron chi connectivity index (χ2n) is 5.81. The molecule has 27 heavy (non-hydrogen) atoms. The van der Waals surface area contributed by atoms with Gasteiger partial charge in [0.15, 0.2) is 0 Å². The van der Waals surface area contributed by atoms with Crippen LogP contribution in [0.15, 0.2) is 46.9 Å². The summed E-state index contributed by atoms with van der Waals surface area (Å²) in [7, 11) is 4.43. The summed E-state index contributed by atoms with van der Waals surface area (Å²) in [6, 6.07) is 12.2. The predicted octanol–water partition coefficient (Wildman–Crippen LogP) is 3.43. The number of amides is 1. The first-order valence-corrected chi connectivity index (χ1v) is 9.08. The quantitative estimate of drug-likeness (QED) is 0.642. The van der Waals surface area contributed by atoms with Crippen LogP contribution >= 0.6 is 15.9 Å². The maximum absolute atomic E-state index is 12.6. The molecule has 2 aromatic rings. The molecule has 0 aliphatic rings. The van der Waals surface area contributed by atoms with Crippen LogP contribution in [0.2, 0.25) is 0 Å². The lowest BCUT2D eigenvalue weighted by Gasteiger charge is -2.19. The molecule has 0 bridgehead atoms. The molecule has 7 heteroatoms. The van der Waals surface area contributed by atoms with E-state index in [1.54, 1.807) is 25.3 Å². The van der Waals surface area contributed by atoms with Gasteiger partial charge in [0.2, 0.25) is 5.91 Å². The second-order valence-corrected chi connectivity index (χ2v) is 6.73. The Kier molecular flexibility index (Phi) is 7.67. The molecule has 0 spiro atoms. The lowest BCUT2D eigenvalue weighted by Crippen LogP contribution is -2.31. The summed E-state index contributed by atoms with van der Waals surface area (Å²) in [5.41, 5.74) is 1.53. The minimum absolute atomic E-state index is 0.0401. The summed E-state index contributed by atoms with van der Waals surface area (Å²) in [4.78, 5) is 24.4. The third-order valence-electron chi connectivity index (χ3n) is 4.03. The first-order valence-electron chi connectivity index (χ1n) is 8.29. The summed E-state index contributed by atoms with van der Waals surface area (Å²) < 4.78 is 16.1. The molecule has 0 heterocycles. The van der Waals surface area contributed by atoms with Crippen LogP contribution in [0.4, 0.5) is 0 Å². The van der Waals surface area contributed by atoms with Crippen LogP contribution in [0.5, 0.6) is 11.5 Å². The molecule has 0 fully saturated rings. The highest BCUT2D eigenvalue weighted by molar-refractivity contribution is 9.10. The average Bonchev–Trinajstić information content (AvgIpc) is 2.67. The zero-order valence-corrected chi connectivity index (χ0v) is 17.0. The predicted molar refractivity (Wildman–Crippen MR) is 105 cm³/mol. The minimum Gasteiger partial charge on any atom is -0.497 e. The van der Waals surface area contributed by atoms with Gasteiger partial charge in [0.25, 0.3) is 0 Å². The monoisotopic (exact) mass is 435 g/mol. The molecule has 2 aromatic carbocycles. The molecule has 0 aliphatic heterocycles. The molecule has 0 saturated carbocycles. The third-order valence-corrected chi connectivity index (χ3v) is 4.52. The number of methoxy groups -OCH3 is 3. The van der Waals surface area contributed by atoms with E-state index in [9.17, 15) is 9.59 Å². The van der Waals surface area contributed by atoms with E-state index < -0.39 is 12.0 Å². The summed E-state index contributed by atoms with van der Waals surface area (Å²) in [5, 5.41) is 2.91. The van der Waals surface area contributed by atoms with Crippen molar-refractivity contribution in [3.8, 4) is 11.5 Å². The normalized spacial score (nSPS) is 11.4. The number of benzene rings is 2. The highest BCUT2D eigenvalue weighted by Crippen LogP contribution is 2.26. The van der Waals surface area contributed by atoms with E-state index in [-0.39, 0.29) is 18.7 Å². The fraction of sp³-hybridized carbons (Fsp3) is 0.300. The third kappa shape index (κ3) is 5.99. The van der Waals surface area contributed by atoms with Gasteiger partial charge < -0.3 is 19.5 Å². The molecule has 0 radical (unpaired) electrons. The van der Waals surface area contributed by atoms with Crippen molar-refractivity contribution in [2.75, 3.05) is 21.3 Å². The topological polar surface area (TPSA) is 73.9 Å². The molecule has 1 unspecified atom stereocenters. The summed E-state index contributed by atoms with van der Waals surface area (Å²) >= 11 is 3.41. The van der Waals surface area contributed by atoms with Gasteiger partial charge in [-0.25, -0.2) is 0 Å². The Bertz CT molecular complexity index is 809. The molecular weight excluding hydrogens is 414 g/mol. The van der Waals surface area contributed by atoms with Crippen LogP contribution in [0, 0.1) is 0 Å². The summed E-state index contributed by atoms with van der Waals surface area (Å²) in [6.45, 7) is 0. The molecule has 1 amide bonds. The van der Waals surface area contributed by atoms with Gasteiger partial charge in [-0.2, -0.15) is 0 Å². The number of halogens is 1. The van der Waals surface area contributed by atoms with E-state index in [1.165, 1.54) is 14.2 Å². The molecular formula is C20H22BrNO5. The lowest BCUT2D eigenvalue weighted by molar-refractivity contribution is -0.141. The van der Waals surface area contributed by atoms with Crippen molar-refractivity contribution in [1.82, 2.24) is 5.32 Å². The summed E-state index contributed by atoms with van der Waals surface area (Å²) in [6.07, 6.45) is 0.150. The van der Waals surface area contributed by atoms with E-state index in [1.807, 2.05) is 24.3 Å². The van der Waals surface area contributed by atoms with E-state index in [4.69, 9.17) is 14.2 Å². The lowest BCUT2D eigenvalue weighted by atomic mass is 10.0. The fourth-order valence-electron chi connectivity index (χ4n) is 2.64. The van der Waals surface area contributed by atoms with Crippen LogP contribution in [0.25, 0.3) is 0 Å². The van der Waals surface area contributed by atoms with E-state index in [0.717, 1.165) is 15.6 Å². The highest BCUT2D eigenvalue weighted by atomic mass is 79.9. The van der Waals surface area contributed by atoms with Gasteiger partial charge in [-0.15, -0.1) is 0 Å². The number of esters is 1.